The second kappa shape index (κ2) is 3.89. The zero-order chi connectivity index (χ0) is 12.6. The molecule has 6 nitrogen and oxygen atoms in total. The maximum absolute atomic E-state index is 11.2. The van der Waals surface area contributed by atoms with Crippen molar-refractivity contribution < 1.29 is 9.90 Å². The summed E-state index contributed by atoms with van der Waals surface area (Å²) >= 11 is 0. The summed E-state index contributed by atoms with van der Waals surface area (Å²) in [5.74, 6) is 0.129. The van der Waals surface area contributed by atoms with Gasteiger partial charge in [-0.2, -0.15) is 0 Å². The summed E-state index contributed by atoms with van der Waals surface area (Å²) < 4.78 is 1.72. The van der Waals surface area contributed by atoms with E-state index in [2.05, 4.69) is 10.2 Å². The van der Waals surface area contributed by atoms with E-state index in [1.807, 2.05) is 0 Å². The van der Waals surface area contributed by atoms with Crippen molar-refractivity contribution in [1.82, 2.24) is 14.8 Å². The molecule has 0 unspecified atom stereocenters. The fourth-order valence-corrected chi connectivity index (χ4v) is 1.64. The normalized spacial score (nSPS) is 10.5. The SMILES string of the molecule is Cc1nnc(-c2cccc(N)c2C(=O)O)n1C. The first-order valence-corrected chi connectivity index (χ1v) is 5.00. The first-order chi connectivity index (χ1) is 8.02. The van der Waals surface area contributed by atoms with Crippen molar-refractivity contribution in [2.75, 3.05) is 5.73 Å². The van der Waals surface area contributed by atoms with Crippen LogP contribution in [0.4, 0.5) is 5.69 Å². The van der Waals surface area contributed by atoms with Crippen molar-refractivity contribution >= 4 is 11.7 Å². The van der Waals surface area contributed by atoms with E-state index in [0.717, 1.165) is 0 Å². The zero-order valence-electron chi connectivity index (χ0n) is 9.51. The van der Waals surface area contributed by atoms with Crippen LogP contribution in [0.2, 0.25) is 0 Å². The van der Waals surface area contributed by atoms with Crippen LogP contribution < -0.4 is 5.73 Å². The highest BCUT2D eigenvalue weighted by atomic mass is 16.4. The van der Waals surface area contributed by atoms with Gasteiger partial charge in [-0.05, 0) is 13.0 Å². The van der Waals surface area contributed by atoms with Gasteiger partial charge in [0.05, 0.1) is 5.56 Å². The number of carboxylic acid groups (broad SMARTS) is 1. The molecule has 1 aromatic carbocycles. The predicted octanol–water partition coefficient (Wildman–Crippen LogP) is 1.07. The Morgan fingerprint density at radius 3 is 2.65 bits per heavy atom. The molecule has 0 bridgehead atoms. The number of aromatic carboxylic acids is 1. The number of carbonyl (C=O) groups is 1. The van der Waals surface area contributed by atoms with Crippen molar-refractivity contribution in [3.63, 3.8) is 0 Å². The van der Waals surface area contributed by atoms with E-state index in [9.17, 15) is 4.79 Å². The fourth-order valence-electron chi connectivity index (χ4n) is 1.64. The second-order valence-electron chi connectivity index (χ2n) is 3.70. The highest BCUT2D eigenvalue weighted by Gasteiger charge is 2.18. The van der Waals surface area contributed by atoms with Gasteiger partial charge >= 0.3 is 5.97 Å². The molecule has 88 valence electrons. The molecule has 0 aliphatic carbocycles. The fraction of sp³-hybridized carbons (Fsp3) is 0.182. The molecule has 0 saturated carbocycles. The molecule has 3 N–H and O–H groups in total. The lowest BCUT2D eigenvalue weighted by molar-refractivity contribution is 0.0699. The molecule has 17 heavy (non-hydrogen) atoms. The average molecular weight is 232 g/mol. The number of carboxylic acids is 1. The smallest absolute Gasteiger partial charge is 0.338 e. The number of hydrogen-bond donors (Lipinski definition) is 2. The van der Waals surface area contributed by atoms with Gasteiger partial charge in [0, 0.05) is 18.3 Å². The summed E-state index contributed by atoms with van der Waals surface area (Å²) in [6.45, 7) is 1.79. The Morgan fingerprint density at radius 2 is 2.12 bits per heavy atom. The third-order valence-electron chi connectivity index (χ3n) is 2.64. The first kappa shape index (κ1) is 11.1. The summed E-state index contributed by atoms with van der Waals surface area (Å²) in [5.41, 5.74) is 6.43. The Bertz CT molecular complexity index is 589. The van der Waals surface area contributed by atoms with Gasteiger partial charge in [-0.15, -0.1) is 10.2 Å². The molecule has 2 aromatic rings. The van der Waals surface area contributed by atoms with Crippen LogP contribution in [0.5, 0.6) is 0 Å². The van der Waals surface area contributed by atoms with Crippen LogP contribution in [-0.4, -0.2) is 25.8 Å². The molecule has 6 heteroatoms. The summed E-state index contributed by atoms with van der Waals surface area (Å²) in [6, 6.07) is 4.92. The highest BCUT2D eigenvalue weighted by Crippen LogP contribution is 2.26. The standard InChI is InChI=1S/C11H12N4O2/c1-6-13-14-10(15(6)2)7-4-3-5-8(12)9(7)11(16)17/h3-5H,12H2,1-2H3,(H,16,17). The Kier molecular flexibility index (Phi) is 2.55. The third-order valence-corrected chi connectivity index (χ3v) is 2.64. The van der Waals surface area contributed by atoms with Crippen LogP contribution >= 0.6 is 0 Å². The van der Waals surface area contributed by atoms with E-state index < -0.39 is 5.97 Å². The Hall–Kier alpha value is -2.37. The molecule has 1 aromatic heterocycles. The number of nitrogen functional groups attached to an aromatic ring is 1. The maximum Gasteiger partial charge on any atom is 0.338 e. The minimum atomic E-state index is -1.07. The summed E-state index contributed by atoms with van der Waals surface area (Å²) in [5, 5.41) is 17.0. The van der Waals surface area contributed by atoms with E-state index in [1.54, 1.807) is 36.7 Å². The number of hydrogen-bond acceptors (Lipinski definition) is 4. The third kappa shape index (κ3) is 1.73. The van der Waals surface area contributed by atoms with Crippen molar-refractivity contribution in [3.8, 4) is 11.4 Å². The first-order valence-electron chi connectivity index (χ1n) is 5.00. The quantitative estimate of drug-likeness (QED) is 0.755. The van der Waals surface area contributed by atoms with Crippen molar-refractivity contribution in [3.05, 3.63) is 29.6 Å². The number of rotatable bonds is 2. The van der Waals surface area contributed by atoms with Crippen LogP contribution in [0, 0.1) is 6.92 Å². The van der Waals surface area contributed by atoms with Gasteiger partial charge in [0.1, 0.15) is 5.82 Å². The lowest BCUT2D eigenvalue weighted by Gasteiger charge is -2.08. The van der Waals surface area contributed by atoms with Crippen LogP contribution in [0.25, 0.3) is 11.4 Å². The zero-order valence-corrected chi connectivity index (χ0v) is 9.51. The minimum Gasteiger partial charge on any atom is -0.478 e. The van der Waals surface area contributed by atoms with E-state index >= 15 is 0 Å². The van der Waals surface area contributed by atoms with Gasteiger partial charge in [0.15, 0.2) is 5.82 Å². The van der Waals surface area contributed by atoms with Gasteiger partial charge in [0.25, 0.3) is 0 Å². The maximum atomic E-state index is 11.2. The Labute approximate surface area is 97.7 Å². The second-order valence-corrected chi connectivity index (χ2v) is 3.70. The topological polar surface area (TPSA) is 94.0 Å². The molecule has 0 radical (unpaired) electrons. The number of nitrogens with two attached hydrogens (primary N) is 1. The van der Waals surface area contributed by atoms with E-state index in [0.29, 0.717) is 17.2 Å². The summed E-state index contributed by atoms with van der Waals surface area (Å²) in [4.78, 5) is 11.2. The molecule has 2 rings (SSSR count). The summed E-state index contributed by atoms with van der Waals surface area (Å²) in [7, 11) is 1.78. The van der Waals surface area contributed by atoms with E-state index in [-0.39, 0.29) is 11.3 Å². The van der Waals surface area contributed by atoms with Gasteiger partial charge in [0.2, 0.25) is 0 Å². The van der Waals surface area contributed by atoms with Crippen molar-refractivity contribution in [2.45, 2.75) is 6.92 Å². The predicted molar refractivity (Wildman–Crippen MR) is 62.5 cm³/mol. The molecule has 0 amide bonds. The van der Waals surface area contributed by atoms with Gasteiger partial charge in [-0.3, -0.25) is 0 Å². The van der Waals surface area contributed by atoms with Crippen LogP contribution in [0.1, 0.15) is 16.2 Å². The van der Waals surface area contributed by atoms with Gasteiger partial charge in [-0.25, -0.2) is 4.79 Å². The van der Waals surface area contributed by atoms with E-state index in [4.69, 9.17) is 10.8 Å². The van der Waals surface area contributed by atoms with Crippen LogP contribution in [0.15, 0.2) is 18.2 Å². The monoisotopic (exact) mass is 232 g/mol. The highest BCUT2D eigenvalue weighted by molar-refractivity contribution is 6.00. The number of aromatic nitrogens is 3. The molecule has 0 fully saturated rings. The number of benzene rings is 1. The molecular formula is C11H12N4O2. The molecule has 0 atom stereocenters. The molecular weight excluding hydrogens is 220 g/mol. The van der Waals surface area contributed by atoms with Crippen molar-refractivity contribution in [2.24, 2.45) is 7.05 Å². The van der Waals surface area contributed by atoms with Crippen LogP contribution in [-0.2, 0) is 7.05 Å². The molecule has 0 aliphatic heterocycles. The van der Waals surface area contributed by atoms with Gasteiger partial charge in [-0.1, -0.05) is 12.1 Å². The molecule has 1 heterocycles. The lowest BCUT2D eigenvalue weighted by atomic mass is 10.0. The van der Waals surface area contributed by atoms with Crippen molar-refractivity contribution in [1.29, 1.82) is 0 Å². The largest absolute Gasteiger partial charge is 0.478 e. The lowest BCUT2D eigenvalue weighted by Crippen LogP contribution is -2.07. The van der Waals surface area contributed by atoms with Crippen LogP contribution in [0.3, 0.4) is 0 Å². The minimum absolute atomic E-state index is 0.0583. The number of aryl methyl sites for hydroxylation is 1. The number of anilines is 1. The average Bonchev–Trinajstić information content (AvgIpc) is 2.59. The molecule has 0 aliphatic rings. The van der Waals surface area contributed by atoms with Gasteiger partial charge < -0.3 is 15.4 Å². The summed E-state index contributed by atoms with van der Waals surface area (Å²) in [6.07, 6.45) is 0. The Morgan fingerprint density at radius 1 is 1.41 bits per heavy atom. The van der Waals surface area contributed by atoms with E-state index in [1.165, 1.54) is 0 Å². The molecule has 0 spiro atoms. The number of nitrogens with zero attached hydrogens (tertiary/aromatic N) is 3. The molecule has 0 saturated heterocycles. The Balaban J connectivity index is 2.72.